The van der Waals surface area contributed by atoms with Crippen LogP contribution in [0.3, 0.4) is 0 Å². The van der Waals surface area contributed by atoms with Crippen molar-refractivity contribution < 1.29 is 4.79 Å². The van der Waals surface area contributed by atoms with Crippen LogP contribution in [-0.4, -0.2) is 26.1 Å². The molecular weight excluding hydrogens is 268 g/mol. The van der Waals surface area contributed by atoms with Crippen LogP contribution < -0.4 is 11.0 Å². The fourth-order valence-corrected chi connectivity index (χ4v) is 3.04. The lowest BCUT2D eigenvalue weighted by Crippen LogP contribution is -2.38. The normalized spacial score (nSPS) is 20.8. The van der Waals surface area contributed by atoms with Gasteiger partial charge in [0.05, 0.1) is 0 Å². The molecule has 0 radical (unpaired) electrons. The molecule has 2 heterocycles. The fourth-order valence-electron chi connectivity index (χ4n) is 3.04. The zero-order valence-electron chi connectivity index (χ0n) is 12.4. The Bertz CT molecular complexity index is 729. The first-order chi connectivity index (χ1) is 9.94. The molecule has 0 spiro atoms. The molecule has 2 aromatic heterocycles. The molecule has 0 aliphatic heterocycles. The molecule has 1 aliphatic rings. The molecule has 21 heavy (non-hydrogen) atoms. The topological polar surface area (TPSA) is 68.4 Å². The maximum absolute atomic E-state index is 12.1. The minimum atomic E-state index is -0.285. The van der Waals surface area contributed by atoms with Gasteiger partial charge in [-0.25, -0.2) is 9.48 Å². The van der Waals surface area contributed by atoms with Gasteiger partial charge in [-0.3, -0.25) is 9.20 Å². The molecule has 6 nitrogen and oxygen atoms in total. The van der Waals surface area contributed by atoms with Gasteiger partial charge in [0.25, 0.3) is 0 Å². The van der Waals surface area contributed by atoms with Crippen molar-refractivity contribution in [1.82, 2.24) is 19.5 Å². The lowest BCUT2D eigenvalue weighted by molar-refractivity contribution is -0.122. The highest BCUT2D eigenvalue weighted by molar-refractivity contribution is 5.76. The third-order valence-corrected chi connectivity index (χ3v) is 4.12. The molecular formula is C15H20N4O2. The highest BCUT2D eigenvalue weighted by Gasteiger charge is 2.31. The molecule has 0 aromatic carbocycles. The van der Waals surface area contributed by atoms with Crippen molar-refractivity contribution in [3.05, 3.63) is 34.9 Å². The number of carbonyl (C=O) groups is 1. The number of aromatic nitrogens is 3. The largest absolute Gasteiger partial charge is 0.352 e. The second-order valence-corrected chi connectivity index (χ2v) is 6.54. The quantitative estimate of drug-likeness (QED) is 0.922. The lowest BCUT2D eigenvalue weighted by Gasteiger charge is -2.17. The van der Waals surface area contributed by atoms with Gasteiger partial charge in [-0.05, 0) is 36.8 Å². The number of nitrogens with one attached hydrogen (secondary N) is 1. The lowest BCUT2D eigenvalue weighted by atomic mass is 9.92. The summed E-state index contributed by atoms with van der Waals surface area (Å²) in [4.78, 5) is 24.2. The summed E-state index contributed by atoms with van der Waals surface area (Å²) in [5.41, 5.74) is 0.558. The van der Waals surface area contributed by atoms with E-state index in [0.29, 0.717) is 5.65 Å². The molecule has 1 saturated carbocycles. The van der Waals surface area contributed by atoms with Crippen LogP contribution in [0.4, 0.5) is 0 Å². The summed E-state index contributed by atoms with van der Waals surface area (Å²) in [6, 6.07) is 5.53. The second-order valence-electron chi connectivity index (χ2n) is 6.54. The Morgan fingerprint density at radius 2 is 2.29 bits per heavy atom. The van der Waals surface area contributed by atoms with E-state index in [0.717, 1.165) is 19.3 Å². The smallest absolute Gasteiger partial charge is 0.350 e. The predicted molar refractivity (Wildman–Crippen MR) is 79.0 cm³/mol. The fraction of sp³-hybridized carbons (Fsp3) is 0.533. The molecule has 1 N–H and O–H groups in total. The van der Waals surface area contributed by atoms with Gasteiger partial charge in [0.2, 0.25) is 5.91 Å². The number of hydrogen-bond acceptors (Lipinski definition) is 3. The van der Waals surface area contributed by atoms with E-state index in [1.807, 2.05) is 6.07 Å². The Hall–Kier alpha value is -2.11. The van der Waals surface area contributed by atoms with Crippen LogP contribution in [0.1, 0.15) is 33.1 Å². The molecule has 1 unspecified atom stereocenters. The molecule has 1 amide bonds. The van der Waals surface area contributed by atoms with Crippen molar-refractivity contribution >= 4 is 11.6 Å². The zero-order valence-corrected chi connectivity index (χ0v) is 12.4. The van der Waals surface area contributed by atoms with Gasteiger partial charge in [0, 0.05) is 12.2 Å². The molecule has 3 rings (SSSR count). The first kappa shape index (κ1) is 13.9. The van der Waals surface area contributed by atoms with E-state index in [-0.39, 0.29) is 29.6 Å². The van der Waals surface area contributed by atoms with Gasteiger partial charge in [-0.1, -0.05) is 19.9 Å². The molecule has 0 saturated heterocycles. The monoisotopic (exact) mass is 288 g/mol. The van der Waals surface area contributed by atoms with E-state index in [1.165, 1.54) is 9.08 Å². The van der Waals surface area contributed by atoms with E-state index in [2.05, 4.69) is 24.3 Å². The Morgan fingerprint density at radius 3 is 2.95 bits per heavy atom. The van der Waals surface area contributed by atoms with Crippen LogP contribution in [0.25, 0.3) is 5.65 Å². The molecule has 0 bridgehead atoms. The van der Waals surface area contributed by atoms with E-state index in [1.54, 1.807) is 18.3 Å². The summed E-state index contributed by atoms with van der Waals surface area (Å²) in [5, 5.41) is 7.17. The maximum Gasteiger partial charge on any atom is 0.350 e. The molecule has 1 atom stereocenters. The van der Waals surface area contributed by atoms with Crippen molar-refractivity contribution in [3.63, 3.8) is 0 Å². The summed E-state index contributed by atoms with van der Waals surface area (Å²) in [5.74, 6) is -0.150. The minimum Gasteiger partial charge on any atom is -0.352 e. The van der Waals surface area contributed by atoms with Gasteiger partial charge >= 0.3 is 5.69 Å². The van der Waals surface area contributed by atoms with E-state index < -0.39 is 0 Å². The second kappa shape index (κ2) is 5.02. The first-order valence-corrected chi connectivity index (χ1v) is 7.28. The number of rotatable bonds is 3. The molecule has 6 heteroatoms. The Balaban J connectivity index is 1.69. The summed E-state index contributed by atoms with van der Waals surface area (Å²) < 4.78 is 2.65. The summed E-state index contributed by atoms with van der Waals surface area (Å²) in [6.07, 6.45) is 4.75. The number of pyridine rings is 1. The number of hydrogen-bond donors (Lipinski definition) is 1. The van der Waals surface area contributed by atoms with Gasteiger partial charge in [0.15, 0.2) is 5.65 Å². The standard InChI is InChI=1S/C15H20N4O2/c1-15(2)7-6-11(9-15)16-13(20)10-19-14(21)18-8-4-3-5-12(18)17-19/h3-5,8,11H,6-7,9-10H2,1-2H3,(H,16,20). The number of nitrogens with zero attached hydrogens (tertiary/aromatic N) is 3. The van der Waals surface area contributed by atoms with Crippen molar-refractivity contribution in [2.75, 3.05) is 0 Å². The molecule has 2 aromatic rings. The Kier molecular flexibility index (Phi) is 3.31. The van der Waals surface area contributed by atoms with Gasteiger partial charge in [-0.2, -0.15) is 0 Å². The SMILES string of the molecule is CC1(C)CCC(NC(=O)Cn2nc3ccccn3c2=O)C1. The maximum atomic E-state index is 12.1. The van der Waals surface area contributed by atoms with E-state index >= 15 is 0 Å². The average molecular weight is 288 g/mol. The van der Waals surface area contributed by atoms with Crippen molar-refractivity contribution in [2.24, 2.45) is 5.41 Å². The van der Waals surface area contributed by atoms with Crippen molar-refractivity contribution in [2.45, 2.75) is 45.7 Å². The van der Waals surface area contributed by atoms with Gasteiger partial charge < -0.3 is 5.32 Å². The van der Waals surface area contributed by atoms with Crippen LogP contribution in [0.15, 0.2) is 29.2 Å². The van der Waals surface area contributed by atoms with Gasteiger partial charge in [0.1, 0.15) is 6.54 Å². The van der Waals surface area contributed by atoms with Crippen LogP contribution >= 0.6 is 0 Å². The van der Waals surface area contributed by atoms with Crippen LogP contribution in [0, 0.1) is 5.41 Å². The zero-order chi connectivity index (χ0) is 15.0. The first-order valence-electron chi connectivity index (χ1n) is 7.28. The van der Waals surface area contributed by atoms with Crippen LogP contribution in [0.2, 0.25) is 0 Å². The predicted octanol–water partition coefficient (Wildman–Crippen LogP) is 1.19. The highest BCUT2D eigenvalue weighted by Crippen LogP contribution is 2.36. The van der Waals surface area contributed by atoms with Crippen molar-refractivity contribution in [3.8, 4) is 0 Å². The molecule has 1 fully saturated rings. The Morgan fingerprint density at radius 1 is 1.48 bits per heavy atom. The van der Waals surface area contributed by atoms with E-state index in [4.69, 9.17) is 0 Å². The van der Waals surface area contributed by atoms with Crippen LogP contribution in [-0.2, 0) is 11.3 Å². The number of amides is 1. The number of carbonyl (C=O) groups excluding carboxylic acids is 1. The average Bonchev–Trinajstić information content (AvgIpc) is 2.91. The van der Waals surface area contributed by atoms with Crippen LogP contribution in [0.5, 0.6) is 0 Å². The highest BCUT2D eigenvalue weighted by atomic mass is 16.2. The van der Waals surface area contributed by atoms with E-state index in [9.17, 15) is 9.59 Å². The minimum absolute atomic E-state index is 0.0303. The third-order valence-electron chi connectivity index (χ3n) is 4.12. The summed E-state index contributed by atoms with van der Waals surface area (Å²) in [6.45, 7) is 4.40. The summed E-state index contributed by atoms with van der Waals surface area (Å²) in [7, 11) is 0. The summed E-state index contributed by atoms with van der Waals surface area (Å²) >= 11 is 0. The van der Waals surface area contributed by atoms with Gasteiger partial charge in [-0.15, -0.1) is 5.10 Å². The molecule has 112 valence electrons. The Labute approximate surface area is 122 Å². The number of fused-ring (bicyclic) bond motifs is 1. The van der Waals surface area contributed by atoms with Crippen molar-refractivity contribution in [1.29, 1.82) is 0 Å². The molecule has 1 aliphatic carbocycles. The third kappa shape index (κ3) is 2.84.